The SMILES string of the molecule is CCCC[C@H](N[C@@H](C)C(=O)N1[C@H](C(=O)O)C[C@@H]2CCCC[C@@H]21)C(=O)O.CCCC[C@H](N[C@@H](C)C(=O)N1[C@H](C(=O)O)C[C@@H]2CCCC[C@@H]21)C(=O)OCC.CCC[C@H](N[C@@H](C)C(=O)N1[C@H](C(=O)O)C[C@@H]2CCCC[C@@H]21)C(=O)O.CCC[C@H](N[C@@H](C)C(=O)N1[C@H](C(=O)O)C[C@@H]2CCCC[C@@H]21)C(=O)OCC. The number of rotatable bonds is 32. The minimum absolute atomic E-state index is 0.00767. The Bertz CT molecular complexity index is 2800. The third-order valence-electron chi connectivity index (χ3n) is 22.4. The number of nitrogens with one attached hydrogen (secondary N) is 4. The summed E-state index contributed by atoms with van der Waals surface area (Å²) < 4.78 is 10.2. The molecule has 8 fully saturated rings. The van der Waals surface area contributed by atoms with E-state index in [9.17, 15) is 88.2 Å². The van der Waals surface area contributed by atoms with E-state index in [-0.39, 0.29) is 83.4 Å². The Balaban J connectivity index is 0.000000245. The molecular formula is C74H124N8O20. The summed E-state index contributed by atoms with van der Waals surface area (Å²) in [6.45, 7) is 18.7. The van der Waals surface area contributed by atoms with Crippen molar-refractivity contribution in [3.8, 4) is 0 Å². The van der Waals surface area contributed by atoms with E-state index in [1.165, 1.54) is 9.80 Å². The highest BCUT2D eigenvalue weighted by Crippen LogP contribution is 2.44. The topological polar surface area (TPSA) is 406 Å². The summed E-state index contributed by atoms with van der Waals surface area (Å²) in [5, 5.41) is 68.8. The quantitative estimate of drug-likeness (QED) is 0.0290. The van der Waals surface area contributed by atoms with Gasteiger partial charge in [0.1, 0.15) is 48.3 Å². The zero-order chi connectivity index (χ0) is 75.7. The molecule has 0 unspecified atom stereocenters. The van der Waals surface area contributed by atoms with Gasteiger partial charge in [-0.2, -0.15) is 0 Å². The van der Waals surface area contributed by atoms with E-state index in [0.29, 0.717) is 71.0 Å². The normalized spacial score (nSPS) is 27.9. The van der Waals surface area contributed by atoms with Crippen molar-refractivity contribution in [1.82, 2.24) is 40.9 Å². The second-order valence-electron chi connectivity index (χ2n) is 29.6. The second kappa shape index (κ2) is 42.4. The van der Waals surface area contributed by atoms with Gasteiger partial charge in [0.05, 0.1) is 37.4 Å². The van der Waals surface area contributed by atoms with Gasteiger partial charge in [-0.3, -0.25) is 59.6 Å². The fourth-order valence-electron chi connectivity index (χ4n) is 17.4. The fraction of sp³-hybridized carbons (Fsp3) is 0.838. The van der Waals surface area contributed by atoms with Gasteiger partial charge >= 0.3 is 47.8 Å². The lowest BCUT2D eigenvalue weighted by atomic mass is 9.84. The summed E-state index contributed by atoms with van der Waals surface area (Å²) >= 11 is 0. The number of fused-ring (bicyclic) bond motifs is 4. The number of carboxylic acid groups (broad SMARTS) is 6. The van der Waals surface area contributed by atoms with Crippen molar-refractivity contribution in [1.29, 1.82) is 0 Å². The first-order valence-electron chi connectivity index (χ1n) is 38.6. The highest BCUT2D eigenvalue weighted by molar-refractivity contribution is 5.91. The van der Waals surface area contributed by atoms with Crippen LogP contribution >= 0.6 is 0 Å². The molecule has 0 bridgehead atoms. The molecule has 28 nitrogen and oxygen atoms in total. The van der Waals surface area contributed by atoms with Gasteiger partial charge in [-0.15, -0.1) is 0 Å². The highest BCUT2D eigenvalue weighted by Gasteiger charge is 2.53. The highest BCUT2D eigenvalue weighted by atomic mass is 16.5. The number of ether oxygens (including phenoxy) is 2. The molecule has 10 N–H and O–H groups in total. The number of carbonyl (C=O) groups excluding carboxylic acids is 6. The first-order valence-corrected chi connectivity index (χ1v) is 38.6. The average molecular weight is 1450 g/mol. The average Bonchev–Trinajstić information content (AvgIpc) is 1.66. The van der Waals surface area contributed by atoms with Crippen LogP contribution < -0.4 is 21.3 Å². The molecule has 28 heteroatoms. The van der Waals surface area contributed by atoms with Gasteiger partial charge in [0, 0.05) is 24.2 Å². The van der Waals surface area contributed by atoms with Crippen LogP contribution in [0, 0.1) is 23.7 Å². The molecule has 4 aliphatic carbocycles. The number of hydrogen-bond acceptors (Lipinski definition) is 18. The number of nitrogens with zero attached hydrogens (tertiary/aromatic N) is 4. The molecule has 0 aromatic carbocycles. The Hall–Kier alpha value is -6.52. The van der Waals surface area contributed by atoms with E-state index >= 15 is 0 Å². The van der Waals surface area contributed by atoms with Crippen LogP contribution in [0.25, 0.3) is 0 Å². The Morgan fingerprint density at radius 2 is 0.559 bits per heavy atom. The number of unbranched alkanes of at least 4 members (excludes halogenated alkanes) is 2. The lowest BCUT2D eigenvalue weighted by Gasteiger charge is -2.35. The monoisotopic (exact) mass is 1440 g/mol. The van der Waals surface area contributed by atoms with Gasteiger partial charge in [-0.1, -0.05) is 118 Å². The van der Waals surface area contributed by atoms with Gasteiger partial charge in [0.15, 0.2) is 0 Å². The molecule has 8 rings (SSSR count). The van der Waals surface area contributed by atoms with Crippen LogP contribution in [-0.2, 0) is 67.0 Å². The maximum atomic E-state index is 13.2. The molecule has 4 amide bonds. The van der Waals surface area contributed by atoms with E-state index in [2.05, 4.69) is 21.3 Å². The van der Waals surface area contributed by atoms with E-state index in [0.717, 1.165) is 135 Å². The van der Waals surface area contributed by atoms with Gasteiger partial charge in [-0.05, 0) is 168 Å². The number of likely N-dealkylation sites (tertiary alicyclic amines) is 4. The molecule has 0 aromatic heterocycles. The predicted molar refractivity (Wildman–Crippen MR) is 377 cm³/mol. The van der Waals surface area contributed by atoms with Gasteiger partial charge in [-0.25, -0.2) is 19.2 Å². The summed E-state index contributed by atoms with van der Waals surface area (Å²) in [6.07, 6.45) is 24.8. The van der Waals surface area contributed by atoms with Crippen LogP contribution in [0.4, 0.5) is 0 Å². The minimum atomic E-state index is -0.983. The van der Waals surface area contributed by atoms with Crippen LogP contribution in [-0.4, -0.2) is 232 Å². The number of hydrogen-bond donors (Lipinski definition) is 10. The van der Waals surface area contributed by atoms with Crippen molar-refractivity contribution in [3.05, 3.63) is 0 Å². The maximum Gasteiger partial charge on any atom is 0.326 e. The first kappa shape index (κ1) is 86.1. The maximum absolute atomic E-state index is 13.2. The number of amides is 4. The molecule has 0 aromatic rings. The standard InChI is InChI=1S/C20H34N2O5.C19H32N2O5.C18H30N2O5.C17H28N2O5/c1-4-6-10-15(20(26)27-5-2)21-13(3)18(23)22-16-11-8-7-9-14(16)12-17(22)19(24)25;1-4-8-14(19(25)26-5-2)20-12(3)17(22)21-15-10-7-6-9-13(15)11-16(21)18(23)24;1-3-4-8-13(17(22)23)19-11(2)16(21)20-14-9-6-5-7-12(14)10-15(20)18(24)25;1-3-6-12(16(21)22)18-10(2)15(20)19-13-8-5-4-7-11(13)9-14(19)17(23)24/h13-17,21H,4-12H2,1-3H3,(H,24,25);12-16,20H,4-11H2,1-3H3,(H,23,24);11-15,19H,3-10H2,1-2H3,(H,22,23)(H,24,25);10-14,18H,3-9H2,1-2H3,(H,21,22)(H,23,24)/t13-,14-,15-,16-,17-;12-,13-,14-,15-,16-;11-,12-,13-,14-,15-;10-,11-,12-,13-,14-/m0000/s1. The molecule has 4 heterocycles. The van der Waals surface area contributed by atoms with Crippen LogP contribution in [0.1, 0.15) is 262 Å². The van der Waals surface area contributed by atoms with Crippen molar-refractivity contribution in [2.45, 2.75) is 359 Å². The van der Waals surface area contributed by atoms with Crippen molar-refractivity contribution in [2.75, 3.05) is 13.2 Å². The molecule has 0 spiro atoms. The van der Waals surface area contributed by atoms with E-state index in [1.807, 2.05) is 27.7 Å². The van der Waals surface area contributed by atoms with Gasteiger partial charge in [0.25, 0.3) is 0 Å². The summed E-state index contributed by atoms with van der Waals surface area (Å²) in [5.74, 6) is -6.43. The number of aliphatic carboxylic acids is 6. The van der Waals surface area contributed by atoms with Crippen LogP contribution in [0.5, 0.6) is 0 Å². The summed E-state index contributed by atoms with van der Waals surface area (Å²) in [5.41, 5.74) is 0. The van der Waals surface area contributed by atoms with Crippen LogP contribution in [0.3, 0.4) is 0 Å². The summed E-state index contributed by atoms with van der Waals surface area (Å²) in [4.78, 5) is 152. The summed E-state index contributed by atoms with van der Waals surface area (Å²) in [7, 11) is 0. The minimum Gasteiger partial charge on any atom is -0.480 e. The Kier molecular flexibility index (Phi) is 35.8. The van der Waals surface area contributed by atoms with Crippen LogP contribution in [0.15, 0.2) is 0 Å². The van der Waals surface area contributed by atoms with E-state index < -0.39 is 108 Å². The Morgan fingerprint density at radius 3 is 0.794 bits per heavy atom. The molecule has 4 aliphatic heterocycles. The number of esters is 2. The molecule has 8 aliphatic rings. The lowest BCUT2D eigenvalue weighted by Crippen LogP contribution is -2.55. The molecule has 20 atom stereocenters. The molecule has 4 saturated heterocycles. The molecular weight excluding hydrogens is 1320 g/mol. The smallest absolute Gasteiger partial charge is 0.326 e. The Labute approximate surface area is 603 Å². The predicted octanol–water partition coefficient (Wildman–Crippen LogP) is 7.59. The van der Waals surface area contributed by atoms with Crippen molar-refractivity contribution in [3.63, 3.8) is 0 Å². The second-order valence-corrected chi connectivity index (χ2v) is 29.6. The van der Waals surface area contributed by atoms with Crippen LogP contribution in [0.2, 0.25) is 0 Å². The van der Waals surface area contributed by atoms with E-state index in [4.69, 9.17) is 9.47 Å². The third kappa shape index (κ3) is 23.2. The molecule has 0 radical (unpaired) electrons. The first-order chi connectivity index (χ1) is 48.5. The largest absolute Gasteiger partial charge is 0.480 e. The van der Waals surface area contributed by atoms with Crippen molar-refractivity contribution >= 4 is 71.4 Å². The Morgan fingerprint density at radius 1 is 0.333 bits per heavy atom. The zero-order valence-corrected chi connectivity index (χ0v) is 62.4. The molecule has 580 valence electrons. The number of carbonyl (C=O) groups is 12. The van der Waals surface area contributed by atoms with Crippen molar-refractivity contribution in [2.24, 2.45) is 23.7 Å². The van der Waals surface area contributed by atoms with Gasteiger partial charge < -0.3 is 59.7 Å². The number of carboxylic acids is 6. The zero-order valence-electron chi connectivity index (χ0n) is 62.4. The fourth-order valence-corrected chi connectivity index (χ4v) is 17.4. The van der Waals surface area contributed by atoms with Gasteiger partial charge in [0.2, 0.25) is 23.6 Å². The molecule has 102 heavy (non-hydrogen) atoms. The van der Waals surface area contributed by atoms with E-state index in [1.54, 1.807) is 51.3 Å². The third-order valence-corrected chi connectivity index (χ3v) is 22.4. The molecule has 4 saturated carbocycles. The lowest BCUT2D eigenvalue weighted by molar-refractivity contribution is -0.152. The van der Waals surface area contributed by atoms with Crippen molar-refractivity contribution < 1.29 is 97.6 Å². The summed E-state index contributed by atoms with van der Waals surface area (Å²) in [6, 6.07) is -8.46.